The van der Waals surface area contributed by atoms with Crippen LogP contribution in [0, 0.1) is 0 Å². The predicted molar refractivity (Wildman–Crippen MR) is 137 cm³/mol. The number of nitrogens with zero attached hydrogens (tertiary/aromatic N) is 1. The normalized spacial score (nSPS) is 29.3. The van der Waals surface area contributed by atoms with Crippen LogP contribution in [0.15, 0.2) is 24.0 Å². The Labute approximate surface area is 227 Å². The number of hydrogen-bond donors (Lipinski definition) is 3. The lowest BCUT2D eigenvalue weighted by Gasteiger charge is -2.61. The van der Waals surface area contributed by atoms with Gasteiger partial charge in [0, 0.05) is 24.6 Å². The molecule has 3 N–H and O–H groups in total. The van der Waals surface area contributed by atoms with Crippen molar-refractivity contribution in [1.82, 2.24) is 10.2 Å². The van der Waals surface area contributed by atoms with Gasteiger partial charge in [-0.25, -0.2) is 4.79 Å². The number of likely N-dealkylation sites (N-methyl/N-ethyl adjacent to an activating group) is 1. The minimum Gasteiger partial charge on any atom is -0.504 e. The van der Waals surface area contributed by atoms with E-state index in [1.165, 1.54) is 6.92 Å². The zero-order valence-corrected chi connectivity index (χ0v) is 22.9. The van der Waals surface area contributed by atoms with Crippen LogP contribution in [-0.4, -0.2) is 82.7 Å². The highest BCUT2D eigenvalue weighted by atomic mass is 16.7. The van der Waals surface area contributed by atoms with Gasteiger partial charge in [-0.3, -0.25) is 9.59 Å². The van der Waals surface area contributed by atoms with Gasteiger partial charge in [0.05, 0.1) is 17.4 Å². The molecule has 11 nitrogen and oxygen atoms in total. The minimum absolute atomic E-state index is 0.00615. The lowest BCUT2D eigenvalue weighted by molar-refractivity contribution is -0.169. The largest absolute Gasteiger partial charge is 0.509 e. The molecule has 0 unspecified atom stereocenters. The molecule has 2 aliphatic heterocycles. The van der Waals surface area contributed by atoms with Gasteiger partial charge >= 0.3 is 12.1 Å². The van der Waals surface area contributed by atoms with Crippen molar-refractivity contribution in [2.24, 2.45) is 0 Å². The molecule has 1 aromatic carbocycles. The third-order valence-electron chi connectivity index (χ3n) is 8.25. The summed E-state index contributed by atoms with van der Waals surface area (Å²) >= 11 is 0. The first-order valence-electron chi connectivity index (χ1n) is 13.3. The van der Waals surface area contributed by atoms with Gasteiger partial charge in [0.2, 0.25) is 0 Å². The maximum absolute atomic E-state index is 12.8. The maximum atomic E-state index is 12.8. The fraction of sp³-hybridized carbons (Fsp3) is 0.607. The Morgan fingerprint density at radius 1 is 1.28 bits per heavy atom. The van der Waals surface area contributed by atoms with Crippen LogP contribution in [0.2, 0.25) is 0 Å². The number of piperidine rings is 1. The summed E-state index contributed by atoms with van der Waals surface area (Å²) < 4.78 is 22.0. The van der Waals surface area contributed by atoms with Crippen LogP contribution in [0.4, 0.5) is 4.79 Å². The molecule has 0 radical (unpaired) electrons. The molecule has 2 heterocycles. The van der Waals surface area contributed by atoms with E-state index in [0.717, 1.165) is 17.7 Å². The van der Waals surface area contributed by atoms with Gasteiger partial charge in [0.25, 0.3) is 5.91 Å². The molecule has 0 aromatic heterocycles. The van der Waals surface area contributed by atoms with E-state index in [9.17, 15) is 24.6 Å². The van der Waals surface area contributed by atoms with Crippen LogP contribution >= 0.6 is 0 Å². The van der Waals surface area contributed by atoms with Crippen LogP contribution in [0.25, 0.3) is 0 Å². The second-order valence-corrected chi connectivity index (χ2v) is 11.8. The van der Waals surface area contributed by atoms with Gasteiger partial charge in [0.1, 0.15) is 11.4 Å². The number of benzene rings is 1. The molecule has 5 atom stereocenters. The quantitative estimate of drug-likeness (QED) is 0.455. The smallest absolute Gasteiger partial charge is 0.504 e. The van der Waals surface area contributed by atoms with E-state index in [2.05, 4.69) is 10.2 Å². The molecule has 4 aliphatic rings. The van der Waals surface area contributed by atoms with Gasteiger partial charge in [0.15, 0.2) is 23.7 Å². The summed E-state index contributed by atoms with van der Waals surface area (Å²) in [5, 5.41) is 25.3. The molecule has 5 rings (SSSR count). The third kappa shape index (κ3) is 4.41. The first-order chi connectivity index (χ1) is 18.3. The number of likely N-dealkylation sites (tertiary alicyclic amines) is 1. The number of nitrogens with one attached hydrogen (secondary N) is 1. The summed E-state index contributed by atoms with van der Waals surface area (Å²) in [5.74, 6) is -0.535. The number of phenolic OH excluding ortho intramolecular Hbond substituents is 1. The van der Waals surface area contributed by atoms with Crippen molar-refractivity contribution >= 4 is 18.0 Å². The lowest BCUT2D eigenvalue weighted by atomic mass is 9.50. The minimum atomic E-state index is -1.15. The number of carbonyl (C=O) groups excluding carboxylic acids is 3. The molecule has 0 saturated carbocycles. The lowest BCUT2D eigenvalue weighted by Crippen LogP contribution is -2.74. The zero-order valence-electron chi connectivity index (χ0n) is 22.9. The summed E-state index contributed by atoms with van der Waals surface area (Å²) in [6.07, 6.45) is 0.211. The summed E-state index contributed by atoms with van der Waals surface area (Å²) in [7, 11) is 2.00. The topological polar surface area (TPSA) is 144 Å². The Kier molecular flexibility index (Phi) is 6.58. The number of aliphatic hydroxyl groups is 1. The van der Waals surface area contributed by atoms with Crippen molar-refractivity contribution in [3.05, 3.63) is 35.1 Å². The Balaban J connectivity index is 1.25. The average molecular weight is 545 g/mol. The van der Waals surface area contributed by atoms with Crippen molar-refractivity contribution in [2.75, 3.05) is 20.1 Å². The first kappa shape index (κ1) is 27.3. The summed E-state index contributed by atoms with van der Waals surface area (Å²) in [5.41, 5.74) is -0.919. The Bertz CT molecular complexity index is 1240. The number of esters is 1. The van der Waals surface area contributed by atoms with Crippen LogP contribution in [-0.2, 0) is 35.6 Å². The number of ether oxygens (including phenoxy) is 4. The van der Waals surface area contributed by atoms with Gasteiger partial charge in [-0.05, 0) is 71.8 Å². The molecule has 1 fully saturated rings. The number of carbonyl (C=O) groups is 3. The maximum Gasteiger partial charge on any atom is 0.509 e. The standard InChI is InChI=1S/C28H36N2O9/c1-15(36-25(34)39-26(2,3)4)24(33)29-12-9-20(32)37-18-8-10-28(35)19-14-16-6-7-17(31)22-21(16)27(28,23(18)38-22)11-13-30(19)5/h6-8,15,19,23,31,35H,9-14H2,1-5H3,(H,29,33)/t15-,19+,23-,27-,28+/m0/s1. The molecule has 11 heteroatoms. The Morgan fingerprint density at radius 3 is 2.74 bits per heavy atom. The molecule has 212 valence electrons. The Morgan fingerprint density at radius 2 is 2.03 bits per heavy atom. The number of phenols is 1. The molecule has 1 spiro atoms. The second kappa shape index (κ2) is 9.41. The highest BCUT2D eigenvalue weighted by Crippen LogP contribution is 2.65. The third-order valence-corrected chi connectivity index (χ3v) is 8.25. The predicted octanol–water partition coefficient (Wildman–Crippen LogP) is 2.06. The van der Waals surface area contributed by atoms with Crippen LogP contribution in [0.1, 0.15) is 58.1 Å². The van der Waals surface area contributed by atoms with Crippen molar-refractivity contribution in [3.63, 3.8) is 0 Å². The van der Waals surface area contributed by atoms with E-state index in [4.69, 9.17) is 18.9 Å². The van der Waals surface area contributed by atoms with Crippen LogP contribution in [0.5, 0.6) is 11.5 Å². The van der Waals surface area contributed by atoms with Gasteiger partial charge in [-0.2, -0.15) is 0 Å². The van der Waals surface area contributed by atoms with Gasteiger partial charge in [-0.15, -0.1) is 0 Å². The van der Waals surface area contributed by atoms with Crippen molar-refractivity contribution in [3.8, 4) is 11.5 Å². The van der Waals surface area contributed by atoms with Crippen molar-refractivity contribution < 1.29 is 43.5 Å². The average Bonchev–Trinajstić information content (AvgIpc) is 3.19. The highest BCUT2D eigenvalue weighted by Gasteiger charge is 2.72. The van der Waals surface area contributed by atoms with Gasteiger partial charge in [-0.1, -0.05) is 6.07 Å². The number of aromatic hydroxyl groups is 1. The summed E-state index contributed by atoms with van der Waals surface area (Å²) in [6, 6.07) is 3.34. The van der Waals surface area contributed by atoms with E-state index >= 15 is 0 Å². The van der Waals surface area contributed by atoms with E-state index < -0.39 is 46.9 Å². The van der Waals surface area contributed by atoms with E-state index in [-0.39, 0.29) is 31.2 Å². The van der Waals surface area contributed by atoms with Crippen LogP contribution in [0.3, 0.4) is 0 Å². The van der Waals surface area contributed by atoms with Gasteiger partial charge < -0.3 is 39.4 Å². The molecular weight excluding hydrogens is 508 g/mol. The molecule has 39 heavy (non-hydrogen) atoms. The Hall–Kier alpha value is -3.31. The monoisotopic (exact) mass is 544 g/mol. The highest BCUT2D eigenvalue weighted by molar-refractivity contribution is 5.83. The molecule has 1 saturated heterocycles. The van der Waals surface area contributed by atoms with E-state index in [1.54, 1.807) is 32.9 Å². The fourth-order valence-electron chi connectivity index (χ4n) is 6.52. The SMILES string of the molecule is C[C@H](OC(=O)OC(C)(C)C)C(=O)NCCC(=O)OC1=CC[C@@]2(O)[C@H]3Cc4ccc(O)c5c4[C@@]2(CCN3C)[C@H]1O5. The number of hydrogen-bond acceptors (Lipinski definition) is 10. The summed E-state index contributed by atoms with van der Waals surface area (Å²) in [4.78, 5) is 39.0. The number of rotatable bonds is 6. The fourth-order valence-corrected chi connectivity index (χ4v) is 6.52. The first-order valence-corrected chi connectivity index (χ1v) is 13.3. The second-order valence-electron chi connectivity index (χ2n) is 11.8. The van der Waals surface area contributed by atoms with Crippen molar-refractivity contribution in [1.29, 1.82) is 0 Å². The summed E-state index contributed by atoms with van der Waals surface area (Å²) in [6.45, 7) is 7.14. The molecule has 2 bridgehead atoms. The van der Waals surface area contributed by atoms with Crippen LogP contribution < -0.4 is 10.1 Å². The molecule has 1 amide bonds. The zero-order chi connectivity index (χ0) is 28.3. The molecular formula is C28H36N2O9. The molecule has 2 aliphatic carbocycles. The van der Waals surface area contributed by atoms with E-state index in [0.29, 0.717) is 24.4 Å². The van der Waals surface area contributed by atoms with Crippen molar-refractivity contribution in [2.45, 2.75) is 88.2 Å². The molecule has 1 aromatic rings. The number of amides is 1. The van der Waals surface area contributed by atoms with E-state index in [1.807, 2.05) is 13.1 Å².